The molecule has 2 unspecified atom stereocenters. The summed E-state index contributed by atoms with van der Waals surface area (Å²) in [5, 5.41) is 9.17. The first-order valence-electron chi connectivity index (χ1n) is 7.45. The van der Waals surface area contributed by atoms with Crippen molar-refractivity contribution in [3.63, 3.8) is 0 Å². The fourth-order valence-electron chi connectivity index (χ4n) is 3.55. The first-order valence-corrected chi connectivity index (χ1v) is 7.45. The van der Waals surface area contributed by atoms with E-state index in [0.717, 1.165) is 25.9 Å². The van der Waals surface area contributed by atoms with E-state index >= 15 is 0 Å². The molecule has 1 saturated heterocycles. The van der Waals surface area contributed by atoms with Crippen LogP contribution in [0.5, 0.6) is 0 Å². The Morgan fingerprint density at radius 2 is 1.94 bits per heavy atom. The van der Waals surface area contributed by atoms with Gasteiger partial charge in [-0.1, -0.05) is 20.3 Å². The Morgan fingerprint density at radius 3 is 2.67 bits per heavy atom. The quantitative estimate of drug-likeness (QED) is 0.769. The summed E-state index contributed by atoms with van der Waals surface area (Å²) in [4.78, 5) is 13.6. The molecule has 1 heterocycles. The topological polar surface area (TPSA) is 40.5 Å². The van der Waals surface area contributed by atoms with Crippen LogP contribution in [0, 0.1) is 11.3 Å². The van der Waals surface area contributed by atoms with E-state index in [-0.39, 0.29) is 5.92 Å². The number of hydrogen-bond donors (Lipinski definition) is 1. The van der Waals surface area contributed by atoms with Gasteiger partial charge in [0.15, 0.2) is 0 Å². The van der Waals surface area contributed by atoms with Gasteiger partial charge in [-0.15, -0.1) is 0 Å². The van der Waals surface area contributed by atoms with Crippen LogP contribution in [0.4, 0.5) is 0 Å². The average molecular weight is 253 g/mol. The fraction of sp³-hybridized carbons (Fsp3) is 0.933. The normalized spacial score (nSPS) is 33.9. The van der Waals surface area contributed by atoms with Gasteiger partial charge >= 0.3 is 5.97 Å². The molecule has 0 spiro atoms. The van der Waals surface area contributed by atoms with E-state index in [1.807, 2.05) is 0 Å². The Balaban J connectivity index is 1.92. The van der Waals surface area contributed by atoms with Crippen molar-refractivity contribution in [1.29, 1.82) is 0 Å². The summed E-state index contributed by atoms with van der Waals surface area (Å²) in [5.74, 6) is -0.733. The van der Waals surface area contributed by atoms with Crippen LogP contribution in [0.25, 0.3) is 0 Å². The molecule has 0 amide bonds. The van der Waals surface area contributed by atoms with Crippen LogP contribution in [0.3, 0.4) is 0 Å². The number of rotatable bonds is 2. The predicted octanol–water partition coefficient (Wildman–Crippen LogP) is 3.14. The third-order valence-electron chi connectivity index (χ3n) is 4.86. The molecule has 1 aliphatic heterocycles. The molecule has 2 rings (SSSR count). The van der Waals surface area contributed by atoms with E-state index in [2.05, 4.69) is 18.7 Å². The number of aliphatic carboxylic acids is 1. The van der Waals surface area contributed by atoms with Crippen LogP contribution in [0.15, 0.2) is 0 Å². The molecular formula is C15H27NO2. The van der Waals surface area contributed by atoms with Gasteiger partial charge in [-0.25, -0.2) is 0 Å². The van der Waals surface area contributed by atoms with Crippen LogP contribution in [-0.4, -0.2) is 35.1 Å². The predicted molar refractivity (Wildman–Crippen MR) is 72.6 cm³/mol. The minimum absolute atomic E-state index is 0.130. The summed E-state index contributed by atoms with van der Waals surface area (Å²) >= 11 is 0. The van der Waals surface area contributed by atoms with Crippen LogP contribution < -0.4 is 0 Å². The van der Waals surface area contributed by atoms with Crippen molar-refractivity contribution in [3.8, 4) is 0 Å². The number of likely N-dealkylation sites (tertiary alicyclic amines) is 1. The highest BCUT2D eigenvalue weighted by molar-refractivity contribution is 5.70. The molecular weight excluding hydrogens is 226 g/mol. The van der Waals surface area contributed by atoms with E-state index in [0.29, 0.717) is 11.5 Å². The summed E-state index contributed by atoms with van der Waals surface area (Å²) in [6.07, 6.45) is 8.33. The second-order valence-electron chi connectivity index (χ2n) is 6.92. The molecule has 0 aromatic heterocycles. The first kappa shape index (κ1) is 13.9. The Hall–Kier alpha value is -0.570. The van der Waals surface area contributed by atoms with Crippen molar-refractivity contribution in [2.45, 2.75) is 64.8 Å². The SMILES string of the molecule is CC1(C)CCCC(N2CCCC(C(=O)O)C2)CC1. The van der Waals surface area contributed by atoms with E-state index in [9.17, 15) is 4.79 Å². The lowest BCUT2D eigenvalue weighted by Crippen LogP contribution is -2.44. The molecule has 2 aliphatic rings. The van der Waals surface area contributed by atoms with Gasteiger partial charge in [0.2, 0.25) is 0 Å². The van der Waals surface area contributed by atoms with Gasteiger partial charge in [0.05, 0.1) is 5.92 Å². The van der Waals surface area contributed by atoms with E-state index in [1.165, 1.54) is 32.1 Å². The van der Waals surface area contributed by atoms with Crippen LogP contribution >= 0.6 is 0 Å². The number of hydrogen-bond acceptors (Lipinski definition) is 2. The zero-order valence-corrected chi connectivity index (χ0v) is 11.8. The highest BCUT2D eigenvalue weighted by atomic mass is 16.4. The third kappa shape index (κ3) is 3.47. The maximum atomic E-state index is 11.1. The lowest BCUT2D eigenvalue weighted by Gasteiger charge is -2.37. The van der Waals surface area contributed by atoms with Crippen molar-refractivity contribution in [1.82, 2.24) is 4.90 Å². The van der Waals surface area contributed by atoms with Gasteiger partial charge < -0.3 is 5.11 Å². The Kier molecular flexibility index (Phi) is 4.31. The molecule has 2 fully saturated rings. The van der Waals surface area contributed by atoms with E-state index in [4.69, 9.17) is 5.11 Å². The minimum atomic E-state index is -0.603. The highest BCUT2D eigenvalue weighted by Gasteiger charge is 2.32. The van der Waals surface area contributed by atoms with Crippen molar-refractivity contribution in [3.05, 3.63) is 0 Å². The minimum Gasteiger partial charge on any atom is -0.481 e. The molecule has 2 atom stereocenters. The second-order valence-corrected chi connectivity index (χ2v) is 6.92. The third-order valence-corrected chi connectivity index (χ3v) is 4.86. The lowest BCUT2D eigenvalue weighted by atomic mass is 9.85. The van der Waals surface area contributed by atoms with Crippen LogP contribution in [-0.2, 0) is 4.79 Å². The molecule has 0 aromatic carbocycles. The summed E-state index contributed by atoms with van der Waals surface area (Å²) in [5.41, 5.74) is 0.483. The molecule has 1 N–H and O–H groups in total. The van der Waals surface area contributed by atoms with E-state index in [1.54, 1.807) is 0 Å². The van der Waals surface area contributed by atoms with E-state index < -0.39 is 5.97 Å². The molecule has 104 valence electrons. The molecule has 18 heavy (non-hydrogen) atoms. The second kappa shape index (κ2) is 5.60. The van der Waals surface area contributed by atoms with Crippen LogP contribution in [0.1, 0.15) is 58.8 Å². The van der Waals surface area contributed by atoms with Gasteiger partial charge in [0.25, 0.3) is 0 Å². The number of carboxylic acids is 1. The van der Waals surface area contributed by atoms with Crippen molar-refractivity contribution < 1.29 is 9.90 Å². The molecule has 1 saturated carbocycles. The summed E-state index contributed by atoms with van der Waals surface area (Å²) in [7, 11) is 0. The van der Waals surface area contributed by atoms with Gasteiger partial charge in [-0.2, -0.15) is 0 Å². The van der Waals surface area contributed by atoms with Gasteiger partial charge in [-0.05, 0) is 50.5 Å². The fourth-order valence-corrected chi connectivity index (χ4v) is 3.55. The largest absolute Gasteiger partial charge is 0.481 e. The molecule has 0 radical (unpaired) electrons. The Labute approximate surface area is 111 Å². The number of nitrogens with zero attached hydrogens (tertiary/aromatic N) is 1. The van der Waals surface area contributed by atoms with Crippen molar-refractivity contribution in [2.24, 2.45) is 11.3 Å². The molecule has 0 bridgehead atoms. The van der Waals surface area contributed by atoms with Crippen molar-refractivity contribution in [2.75, 3.05) is 13.1 Å². The molecule has 0 aromatic rings. The Morgan fingerprint density at radius 1 is 1.17 bits per heavy atom. The lowest BCUT2D eigenvalue weighted by molar-refractivity contribution is -0.144. The zero-order chi connectivity index (χ0) is 13.2. The standard InChI is InChI=1S/C15H27NO2/c1-15(2)8-3-6-13(7-9-15)16-10-4-5-12(11-16)14(17)18/h12-13H,3-11H2,1-2H3,(H,17,18). The maximum absolute atomic E-state index is 11.1. The number of piperidine rings is 1. The first-order chi connectivity index (χ1) is 8.48. The van der Waals surface area contributed by atoms with Gasteiger partial charge in [0, 0.05) is 12.6 Å². The van der Waals surface area contributed by atoms with Crippen molar-refractivity contribution >= 4 is 5.97 Å². The van der Waals surface area contributed by atoms with Gasteiger partial charge in [0.1, 0.15) is 0 Å². The maximum Gasteiger partial charge on any atom is 0.307 e. The van der Waals surface area contributed by atoms with Gasteiger partial charge in [-0.3, -0.25) is 9.69 Å². The number of carbonyl (C=O) groups is 1. The van der Waals surface area contributed by atoms with Crippen LogP contribution in [0.2, 0.25) is 0 Å². The molecule has 1 aliphatic carbocycles. The summed E-state index contributed by atoms with van der Waals surface area (Å²) in [6.45, 7) is 6.62. The summed E-state index contributed by atoms with van der Waals surface area (Å²) in [6, 6.07) is 0.633. The smallest absolute Gasteiger partial charge is 0.307 e. The highest BCUT2D eigenvalue weighted by Crippen LogP contribution is 2.36. The Bertz CT molecular complexity index is 301. The zero-order valence-electron chi connectivity index (χ0n) is 11.8. The summed E-state index contributed by atoms with van der Waals surface area (Å²) < 4.78 is 0. The molecule has 3 nitrogen and oxygen atoms in total. The average Bonchev–Trinajstić information content (AvgIpc) is 2.50. The monoisotopic (exact) mass is 253 g/mol. The number of carboxylic acid groups (broad SMARTS) is 1. The molecule has 3 heteroatoms.